The highest BCUT2D eigenvalue weighted by Crippen LogP contribution is 2.27. The summed E-state index contributed by atoms with van der Waals surface area (Å²) < 4.78 is 2.10. The van der Waals surface area contributed by atoms with Gasteiger partial charge in [-0.1, -0.05) is 6.92 Å². The lowest BCUT2D eigenvalue weighted by Gasteiger charge is -2.06. The van der Waals surface area contributed by atoms with Crippen LogP contribution in [0.15, 0.2) is 12.3 Å². The Morgan fingerprint density at radius 2 is 2.43 bits per heavy atom. The molecule has 1 aliphatic rings. The van der Waals surface area contributed by atoms with Crippen molar-refractivity contribution in [3.05, 3.63) is 18.0 Å². The standard InChI is InChI=1S/C11H19N3/c1-2-7-14-11(5-6-13-14)9-12-8-10-3-4-10/h5-6,10,12H,2-4,7-9H2,1H3. The van der Waals surface area contributed by atoms with Crippen LogP contribution in [0, 0.1) is 5.92 Å². The van der Waals surface area contributed by atoms with Gasteiger partial charge in [-0.25, -0.2) is 0 Å². The summed E-state index contributed by atoms with van der Waals surface area (Å²) in [6, 6.07) is 2.11. The van der Waals surface area contributed by atoms with Gasteiger partial charge in [0.2, 0.25) is 0 Å². The fourth-order valence-electron chi connectivity index (χ4n) is 1.65. The molecule has 0 spiro atoms. The maximum absolute atomic E-state index is 4.30. The van der Waals surface area contributed by atoms with Crippen molar-refractivity contribution >= 4 is 0 Å². The van der Waals surface area contributed by atoms with Crippen molar-refractivity contribution < 1.29 is 0 Å². The zero-order valence-electron chi connectivity index (χ0n) is 8.87. The molecule has 3 nitrogen and oxygen atoms in total. The van der Waals surface area contributed by atoms with E-state index in [1.165, 1.54) is 25.1 Å². The third kappa shape index (κ3) is 2.58. The Balaban J connectivity index is 1.78. The van der Waals surface area contributed by atoms with Crippen LogP contribution >= 0.6 is 0 Å². The quantitative estimate of drug-likeness (QED) is 0.746. The Bertz CT molecular complexity index is 276. The number of nitrogens with one attached hydrogen (secondary N) is 1. The van der Waals surface area contributed by atoms with E-state index in [1.54, 1.807) is 0 Å². The van der Waals surface area contributed by atoms with E-state index >= 15 is 0 Å². The molecule has 0 radical (unpaired) electrons. The summed E-state index contributed by atoms with van der Waals surface area (Å²) in [5.74, 6) is 0.956. The molecule has 14 heavy (non-hydrogen) atoms. The molecule has 1 saturated carbocycles. The van der Waals surface area contributed by atoms with Gasteiger partial charge < -0.3 is 5.32 Å². The SMILES string of the molecule is CCCn1nccc1CNCC1CC1. The third-order valence-electron chi connectivity index (χ3n) is 2.68. The summed E-state index contributed by atoms with van der Waals surface area (Å²) in [5, 5.41) is 7.78. The van der Waals surface area contributed by atoms with E-state index in [0.717, 1.165) is 25.4 Å². The van der Waals surface area contributed by atoms with Gasteiger partial charge in [-0.15, -0.1) is 0 Å². The number of aromatic nitrogens is 2. The minimum absolute atomic E-state index is 0.956. The molecule has 0 aliphatic heterocycles. The summed E-state index contributed by atoms with van der Waals surface area (Å²) in [6.07, 6.45) is 5.88. The van der Waals surface area contributed by atoms with Crippen LogP contribution < -0.4 is 5.32 Å². The first-order valence-corrected chi connectivity index (χ1v) is 5.61. The molecule has 78 valence electrons. The van der Waals surface area contributed by atoms with E-state index in [2.05, 4.69) is 28.1 Å². The fraction of sp³-hybridized carbons (Fsp3) is 0.727. The van der Waals surface area contributed by atoms with E-state index in [4.69, 9.17) is 0 Å². The molecule has 1 fully saturated rings. The van der Waals surface area contributed by atoms with Crippen LogP contribution in [0.5, 0.6) is 0 Å². The average Bonchev–Trinajstić information content (AvgIpc) is 2.89. The molecule has 1 aliphatic carbocycles. The van der Waals surface area contributed by atoms with Crippen molar-refractivity contribution in [1.82, 2.24) is 15.1 Å². The Kier molecular flexibility index (Phi) is 3.19. The lowest BCUT2D eigenvalue weighted by atomic mass is 10.3. The predicted molar refractivity (Wildman–Crippen MR) is 56.9 cm³/mol. The first kappa shape index (κ1) is 9.71. The second-order valence-electron chi connectivity index (χ2n) is 4.12. The van der Waals surface area contributed by atoms with E-state index in [1.807, 2.05) is 6.20 Å². The van der Waals surface area contributed by atoms with Crippen LogP contribution in [-0.4, -0.2) is 16.3 Å². The van der Waals surface area contributed by atoms with E-state index in [0.29, 0.717) is 0 Å². The summed E-state index contributed by atoms with van der Waals surface area (Å²) in [7, 11) is 0. The highest BCUT2D eigenvalue weighted by molar-refractivity contribution is 5.00. The van der Waals surface area contributed by atoms with Crippen molar-refractivity contribution in [3.8, 4) is 0 Å². The van der Waals surface area contributed by atoms with Gasteiger partial charge in [0.1, 0.15) is 0 Å². The third-order valence-corrected chi connectivity index (χ3v) is 2.68. The lowest BCUT2D eigenvalue weighted by molar-refractivity contribution is 0.542. The number of nitrogens with zero attached hydrogens (tertiary/aromatic N) is 2. The van der Waals surface area contributed by atoms with Gasteiger partial charge in [-0.3, -0.25) is 4.68 Å². The first-order valence-electron chi connectivity index (χ1n) is 5.61. The molecule has 3 heteroatoms. The van der Waals surface area contributed by atoms with Crippen LogP contribution in [0.2, 0.25) is 0 Å². The molecule has 2 rings (SSSR count). The normalized spacial score (nSPS) is 16.1. The summed E-state index contributed by atoms with van der Waals surface area (Å²) in [6.45, 7) is 5.37. The van der Waals surface area contributed by atoms with E-state index < -0.39 is 0 Å². The molecule has 1 heterocycles. The molecule has 0 unspecified atom stereocenters. The van der Waals surface area contributed by atoms with Gasteiger partial charge in [0.15, 0.2) is 0 Å². The summed E-state index contributed by atoms with van der Waals surface area (Å²) in [5.41, 5.74) is 1.31. The van der Waals surface area contributed by atoms with Gasteiger partial charge in [-0.2, -0.15) is 5.10 Å². The largest absolute Gasteiger partial charge is 0.311 e. The number of rotatable bonds is 6. The molecular formula is C11H19N3. The second-order valence-corrected chi connectivity index (χ2v) is 4.12. The Labute approximate surface area is 85.5 Å². The number of hydrogen-bond acceptors (Lipinski definition) is 2. The zero-order valence-corrected chi connectivity index (χ0v) is 8.87. The molecule has 0 aromatic carbocycles. The van der Waals surface area contributed by atoms with Crippen LogP contribution in [0.25, 0.3) is 0 Å². The molecule has 1 aromatic rings. The minimum atomic E-state index is 0.956. The van der Waals surface area contributed by atoms with Crippen LogP contribution in [0.1, 0.15) is 31.9 Å². The second kappa shape index (κ2) is 4.60. The molecule has 0 saturated heterocycles. The van der Waals surface area contributed by atoms with Crippen molar-refractivity contribution in [2.24, 2.45) is 5.92 Å². The summed E-state index contributed by atoms with van der Waals surface area (Å²) in [4.78, 5) is 0. The molecule has 0 bridgehead atoms. The number of aryl methyl sites for hydroxylation is 1. The summed E-state index contributed by atoms with van der Waals surface area (Å²) >= 11 is 0. The van der Waals surface area contributed by atoms with Gasteiger partial charge in [-0.05, 0) is 37.8 Å². The first-order chi connectivity index (χ1) is 6.90. The number of hydrogen-bond donors (Lipinski definition) is 1. The molecule has 0 atom stereocenters. The Hall–Kier alpha value is -0.830. The molecule has 1 N–H and O–H groups in total. The van der Waals surface area contributed by atoms with E-state index in [9.17, 15) is 0 Å². The van der Waals surface area contributed by atoms with Crippen LogP contribution in [-0.2, 0) is 13.1 Å². The topological polar surface area (TPSA) is 29.9 Å². The van der Waals surface area contributed by atoms with E-state index in [-0.39, 0.29) is 0 Å². The van der Waals surface area contributed by atoms with Crippen molar-refractivity contribution in [3.63, 3.8) is 0 Å². The highest BCUT2D eigenvalue weighted by atomic mass is 15.3. The van der Waals surface area contributed by atoms with Crippen LogP contribution in [0.3, 0.4) is 0 Å². The maximum Gasteiger partial charge on any atom is 0.0522 e. The highest BCUT2D eigenvalue weighted by Gasteiger charge is 2.20. The van der Waals surface area contributed by atoms with Gasteiger partial charge in [0, 0.05) is 19.3 Å². The predicted octanol–water partition coefficient (Wildman–Crippen LogP) is 1.79. The average molecular weight is 193 g/mol. The minimum Gasteiger partial charge on any atom is -0.311 e. The van der Waals surface area contributed by atoms with Gasteiger partial charge >= 0.3 is 0 Å². The van der Waals surface area contributed by atoms with Crippen LogP contribution in [0.4, 0.5) is 0 Å². The van der Waals surface area contributed by atoms with Gasteiger partial charge in [0.05, 0.1) is 5.69 Å². The van der Waals surface area contributed by atoms with Crippen molar-refractivity contribution in [1.29, 1.82) is 0 Å². The monoisotopic (exact) mass is 193 g/mol. The fourth-order valence-corrected chi connectivity index (χ4v) is 1.65. The maximum atomic E-state index is 4.30. The van der Waals surface area contributed by atoms with Crippen molar-refractivity contribution in [2.45, 2.75) is 39.3 Å². The molecule has 1 aromatic heterocycles. The molecular weight excluding hydrogens is 174 g/mol. The Morgan fingerprint density at radius 3 is 3.14 bits per heavy atom. The van der Waals surface area contributed by atoms with Crippen molar-refractivity contribution in [2.75, 3.05) is 6.54 Å². The zero-order chi connectivity index (χ0) is 9.80. The van der Waals surface area contributed by atoms with Gasteiger partial charge in [0.25, 0.3) is 0 Å². The Morgan fingerprint density at radius 1 is 1.57 bits per heavy atom. The lowest BCUT2D eigenvalue weighted by Crippen LogP contribution is -2.19. The smallest absolute Gasteiger partial charge is 0.0522 e. The molecule has 0 amide bonds.